The van der Waals surface area contributed by atoms with Gasteiger partial charge in [0.15, 0.2) is 0 Å². The molecule has 2 aliphatic heterocycles. The van der Waals surface area contributed by atoms with Crippen LogP contribution in [0.2, 0.25) is 0 Å². The molecule has 3 heteroatoms. The van der Waals surface area contributed by atoms with Gasteiger partial charge in [-0.2, -0.15) is 0 Å². The van der Waals surface area contributed by atoms with Crippen molar-refractivity contribution >= 4 is 5.91 Å². The summed E-state index contributed by atoms with van der Waals surface area (Å²) < 4.78 is 0. The van der Waals surface area contributed by atoms with E-state index in [0.717, 1.165) is 19.3 Å². The minimum atomic E-state index is 0.332. The molecule has 2 fully saturated rings. The quantitative estimate of drug-likeness (QED) is 0.723. The third-order valence-corrected chi connectivity index (χ3v) is 3.52. The molecule has 0 aromatic heterocycles. The maximum Gasteiger partial charge on any atom is 0.223 e. The number of rotatable bonds is 2. The van der Waals surface area contributed by atoms with Crippen LogP contribution in [0.25, 0.3) is 0 Å². The number of amides is 1. The summed E-state index contributed by atoms with van der Waals surface area (Å²) in [6.45, 7) is 2.06. The van der Waals surface area contributed by atoms with Crippen LogP contribution in [0.4, 0.5) is 0 Å². The lowest BCUT2D eigenvalue weighted by molar-refractivity contribution is -0.135. The molecule has 2 bridgehead atoms. The molecule has 2 N–H and O–H groups in total. The molecular formula is C11H20N2O. The molecule has 2 saturated heterocycles. The third-order valence-electron chi connectivity index (χ3n) is 3.52. The van der Waals surface area contributed by atoms with E-state index in [1.54, 1.807) is 0 Å². The summed E-state index contributed by atoms with van der Waals surface area (Å²) in [5.74, 6) is 0.354. The number of carbonyl (C=O) groups is 1. The molecule has 14 heavy (non-hydrogen) atoms. The summed E-state index contributed by atoms with van der Waals surface area (Å²) in [6, 6.07) is 1.25. The van der Waals surface area contributed by atoms with E-state index in [0.29, 0.717) is 30.5 Å². The van der Waals surface area contributed by atoms with Gasteiger partial charge in [0.05, 0.1) is 0 Å². The first-order valence-corrected chi connectivity index (χ1v) is 5.79. The van der Waals surface area contributed by atoms with Crippen LogP contribution in [-0.4, -0.2) is 28.9 Å². The van der Waals surface area contributed by atoms with E-state index in [1.807, 2.05) is 0 Å². The van der Waals surface area contributed by atoms with Crippen LogP contribution in [0.5, 0.6) is 0 Å². The highest BCUT2D eigenvalue weighted by molar-refractivity contribution is 5.77. The fraction of sp³-hybridized carbons (Fsp3) is 0.909. The van der Waals surface area contributed by atoms with Crippen molar-refractivity contribution in [1.82, 2.24) is 4.90 Å². The second kappa shape index (κ2) is 3.89. The van der Waals surface area contributed by atoms with Crippen LogP contribution in [0.1, 0.15) is 45.4 Å². The van der Waals surface area contributed by atoms with Crippen molar-refractivity contribution in [3.05, 3.63) is 0 Å². The third kappa shape index (κ3) is 1.65. The monoisotopic (exact) mass is 196 g/mol. The number of nitrogens with zero attached hydrogens (tertiary/aromatic N) is 1. The molecule has 0 saturated carbocycles. The van der Waals surface area contributed by atoms with Crippen molar-refractivity contribution < 1.29 is 4.79 Å². The topological polar surface area (TPSA) is 46.3 Å². The zero-order valence-corrected chi connectivity index (χ0v) is 8.91. The van der Waals surface area contributed by atoms with Gasteiger partial charge in [0, 0.05) is 24.5 Å². The highest BCUT2D eigenvalue weighted by Gasteiger charge is 2.41. The number of fused-ring (bicyclic) bond motifs is 2. The Balaban J connectivity index is 2.03. The lowest BCUT2D eigenvalue weighted by atomic mass is 9.97. The molecule has 0 aromatic carbocycles. The van der Waals surface area contributed by atoms with Crippen molar-refractivity contribution in [3.8, 4) is 0 Å². The maximum atomic E-state index is 11.9. The van der Waals surface area contributed by atoms with Crippen molar-refractivity contribution in [2.45, 2.75) is 63.6 Å². The van der Waals surface area contributed by atoms with E-state index in [2.05, 4.69) is 11.8 Å². The molecule has 2 unspecified atom stereocenters. The molecule has 2 rings (SSSR count). The van der Waals surface area contributed by atoms with Gasteiger partial charge in [-0.3, -0.25) is 4.79 Å². The van der Waals surface area contributed by atoms with Gasteiger partial charge in [0.1, 0.15) is 0 Å². The average Bonchev–Trinajstić information content (AvgIpc) is 2.39. The smallest absolute Gasteiger partial charge is 0.223 e. The van der Waals surface area contributed by atoms with E-state index >= 15 is 0 Å². The molecule has 3 nitrogen and oxygen atoms in total. The van der Waals surface area contributed by atoms with E-state index in [4.69, 9.17) is 5.73 Å². The maximum absolute atomic E-state index is 11.9. The van der Waals surface area contributed by atoms with Gasteiger partial charge in [-0.25, -0.2) is 0 Å². The van der Waals surface area contributed by atoms with Gasteiger partial charge in [-0.15, -0.1) is 0 Å². The SMILES string of the molecule is CCCC(=O)N1C2CCC1CC(N)C2. The Bertz CT molecular complexity index is 215. The normalized spacial score (nSPS) is 36.1. The zero-order chi connectivity index (χ0) is 10.1. The number of piperidine rings is 1. The molecule has 80 valence electrons. The Morgan fingerprint density at radius 2 is 1.93 bits per heavy atom. The lowest BCUT2D eigenvalue weighted by Crippen LogP contribution is -2.50. The largest absolute Gasteiger partial charge is 0.337 e. The van der Waals surface area contributed by atoms with Crippen LogP contribution in [0.3, 0.4) is 0 Å². The van der Waals surface area contributed by atoms with Gasteiger partial charge in [0.2, 0.25) is 5.91 Å². The van der Waals surface area contributed by atoms with Crippen LogP contribution in [0.15, 0.2) is 0 Å². The molecule has 2 atom stereocenters. The van der Waals surface area contributed by atoms with Crippen molar-refractivity contribution in [3.63, 3.8) is 0 Å². The Kier molecular flexibility index (Phi) is 2.77. The van der Waals surface area contributed by atoms with Crippen LogP contribution >= 0.6 is 0 Å². The second-order valence-corrected chi connectivity index (χ2v) is 4.67. The summed E-state index contributed by atoms with van der Waals surface area (Å²) in [6.07, 6.45) is 6.06. The number of hydrogen-bond donors (Lipinski definition) is 1. The van der Waals surface area contributed by atoms with Crippen molar-refractivity contribution in [2.75, 3.05) is 0 Å². The molecule has 0 aromatic rings. The zero-order valence-electron chi connectivity index (χ0n) is 8.91. The Hall–Kier alpha value is -0.570. The van der Waals surface area contributed by atoms with E-state index in [1.165, 1.54) is 12.8 Å². The number of hydrogen-bond acceptors (Lipinski definition) is 2. The summed E-state index contributed by atoms with van der Waals surface area (Å²) in [5.41, 5.74) is 5.95. The summed E-state index contributed by atoms with van der Waals surface area (Å²) in [5, 5.41) is 0. The van der Waals surface area contributed by atoms with Gasteiger partial charge in [-0.05, 0) is 32.1 Å². The molecule has 2 heterocycles. The Morgan fingerprint density at radius 3 is 2.43 bits per heavy atom. The van der Waals surface area contributed by atoms with Gasteiger partial charge in [-0.1, -0.05) is 6.92 Å². The molecule has 0 aliphatic carbocycles. The molecule has 2 aliphatic rings. The molecule has 0 radical (unpaired) electrons. The molecule has 0 spiro atoms. The first-order chi connectivity index (χ1) is 6.72. The van der Waals surface area contributed by atoms with E-state index in [9.17, 15) is 4.79 Å². The number of carbonyl (C=O) groups excluding carboxylic acids is 1. The summed E-state index contributed by atoms with van der Waals surface area (Å²) in [4.78, 5) is 14.0. The predicted molar refractivity (Wildman–Crippen MR) is 55.8 cm³/mol. The highest BCUT2D eigenvalue weighted by Crippen LogP contribution is 2.35. The predicted octanol–water partition coefficient (Wildman–Crippen LogP) is 1.27. The van der Waals surface area contributed by atoms with Gasteiger partial charge < -0.3 is 10.6 Å². The van der Waals surface area contributed by atoms with Crippen LogP contribution in [0, 0.1) is 0 Å². The first kappa shape index (κ1) is 9.97. The fourth-order valence-corrected chi connectivity index (χ4v) is 2.97. The van der Waals surface area contributed by atoms with E-state index < -0.39 is 0 Å². The van der Waals surface area contributed by atoms with E-state index in [-0.39, 0.29) is 0 Å². The van der Waals surface area contributed by atoms with Crippen LogP contribution < -0.4 is 5.73 Å². The Morgan fingerprint density at radius 1 is 1.36 bits per heavy atom. The molecular weight excluding hydrogens is 176 g/mol. The second-order valence-electron chi connectivity index (χ2n) is 4.67. The first-order valence-electron chi connectivity index (χ1n) is 5.79. The number of nitrogens with two attached hydrogens (primary N) is 1. The fourth-order valence-electron chi connectivity index (χ4n) is 2.97. The van der Waals surface area contributed by atoms with Crippen molar-refractivity contribution in [2.24, 2.45) is 5.73 Å². The van der Waals surface area contributed by atoms with Crippen LogP contribution in [-0.2, 0) is 4.79 Å². The van der Waals surface area contributed by atoms with Gasteiger partial charge >= 0.3 is 0 Å². The van der Waals surface area contributed by atoms with Gasteiger partial charge in [0.25, 0.3) is 0 Å². The standard InChI is InChI=1S/C11H20N2O/c1-2-3-11(14)13-9-4-5-10(13)7-8(12)6-9/h8-10H,2-7,12H2,1H3. The lowest BCUT2D eigenvalue weighted by Gasteiger charge is -2.37. The molecule has 1 amide bonds. The Labute approximate surface area is 85.6 Å². The highest BCUT2D eigenvalue weighted by atomic mass is 16.2. The minimum Gasteiger partial charge on any atom is -0.337 e. The summed E-state index contributed by atoms with van der Waals surface area (Å²) in [7, 11) is 0. The van der Waals surface area contributed by atoms with Crippen molar-refractivity contribution in [1.29, 1.82) is 0 Å². The summed E-state index contributed by atoms with van der Waals surface area (Å²) >= 11 is 0. The minimum absolute atomic E-state index is 0.332. The average molecular weight is 196 g/mol.